The molecule has 2 aromatic rings. The van der Waals surface area contributed by atoms with Gasteiger partial charge < -0.3 is 25.3 Å². The molecule has 2 aliphatic rings. The normalized spacial score (nSPS) is 17.9. The Labute approximate surface area is 167 Å². The molecular weight excluding hydrogens is 376 g/mol. The van der Waals surface area contributed by atoms with Gasteiger partial charge in [-0.3, -0.25) is 9.59 Å². The molecule has 0 saturated carbocycles. The van der Waals surface area contributed by atoms with Gasteiger partial charge in [-0.1, -0.05) is 0 Å². The van der Waals surface area contributed by atoms with E-state index in [0.29, 0.717) is 47.0 Å². The van der Waals surface area contributed by atoms with Gasteiger partial charge in [0.1, 0.15) is 23.2 Å². The Balaban J connectivity index is 1.99. The Bertz CT molecular complexity index is 1040. The molecule has 0 spiro atoms. The molecule has 0 unspecified atom stereocenters. The van der Waals surface area contributed by atoms with Gasteiger partial charge in [-0.15, -0.1) is 0 Å². The zero-order valence-corrected chi connectivity index (χ0v) is 16.4. The van der Waals surface area contributed by atoms with Gasteiger partial charge >= 0.3 is 0 Å². The number of carbonyl (C=O) groups is 2. The number of allylic oxidation sites excluding steroid dienone is 2. The minimum Gasteiger partial charge on any atom is -0.496 e. The first-order chi connectivity index (χ1) is 14.0. The third-order valence-electron chi connectivity index (χ3n) is 5.33. The average molecular weight is 398 g/mol. The number of nitrogens with two attached hydrogens (primary N) is 1. The number of anilines is 1. The Hall–Kier alpha value is -3.49. The Morgan fingerprint density at radius 3 is 2.48 bits per heavy atom. The predicted molar refractivity (Wildman–Crippen MR) is 104 cm³/mol. The van der Waals surface area contributed by atoms with Crippen molar-refractivity contribution in [3.05, 3.63) is 40.7 Å². The second-order valence-electron chi connectivity index (χ2n) is 6.86. The maximum Gasteiger partial charge on any atom is 0.254 e. The summed E-state index contributed by atoms with van der Waals surface area (Å²) >= 11 is 0. The first-order valence-corrected chi connectivity index (χ1v) is 9.20. The van der Waals surface area contributed by atoms with Crippen molar-refractivity contribution in [2.75, 3.05) is 26.6 Å². The van der Waals surface area contributed by atoms with Crippen LogP contribution in [0.2, 0.25) is 0 Å². The molecule has 29 heavy (non-hydrogen) atoms. The summed E-state index contributed by atoms with van der Waals surface area (Å²) < 4.78 is 18.0. The van der Waals surface area contributed by atoms with Crippen LogP contribution in [0, 0.1) is 0 Å². The molecule has 0 fully saturated rings. The summed E-state index contributed by atoms with van der Waals surface area (Å²) in [4.78, 5) is 24.8. The fraction of sp³-hybridized carbons (Fsp3) is 0.350. The molecular formula is C20H22N4O5. The summed E-state index contributed by atoms with van der Waals surface area (Å²) in [6.45, 7) is 0. The van der Waals surface area contributed by atoms with Gasteiger partial charge in [0.15, 0.2) is 17.3 Å². The molecule has 0 bridgehead atoms. The van der Waals surface area contributed by atoms with Crippen LogP contribution in [0.5, 0.6) is 17.2 Å². The van der Waals surface area contributed by atoms with E-state index in [1.165, 1.54) is 20.4 Å². The van der Waals surface area contributed by atoms with Crippen molar-refractivity contribution in [3.8, 4) is 17.2 Å². The molecule has 9 heteroatoms. The van der Waals surface area contributed by atoms with Gasteiger partial charge in [0.2, 0.25) is 0 Å². The summed E-state index contributed by atoms with van der Waals surface area (Å²) in [7, 11) is 4.62. The van der Waals surface area contributed by atoms with Gasteiger partial charge in [0.25, 0.3) is 5.91 Å². The van der Waals surface area contributed by atoms with Gasteiger partial charge in [-0.25, -0.2) is 4.68 Å². The minimum atomic E-state index is -0.594. The lowest BCUT2D eigenvalue weighted by Crippen LogP contribution is -2.32. The molecule has 3 N–H and O–H groups in total. The van der Waals surface area contributed by atoms with E-state index in [1.807, 2.05) is 0 Å². The topological polar surface area (TPSA) is 118 Å². The molecule has 1 amide bonds. The average Bonchev–Trinajstić information content (AvgIpc) is 3.15. The van der Waals surface area contributed by atoms with E-state index in [-0.39, 0.29) is 11.3 Å². The lowest BCUT2D eigenvalue weighted by Gasteiger charge is -2.34. The number of fused-ring (bicyclic) bond motifs is 1. The summed E-state index contributed by atoms with van der Waals surface area (Å²) in [5, 5.41) is 7.58. The molecule has 0 radical (unpaired) electrons. The van der Waals surface area contributed by atoms with Crippen molar-refractivity contribution < 1.29 is 23.8 Å². The zero-order valence-electron chi connectivity index (χ0n) is 16.4. The number of rotatable bonds is 5. The van der Waals surface area contributed by atoms with Crippen molar-refractivity contribution in [2.45, 2.75) is 25.3 Å². The first kappa shape index (κ1) is 18.9. The molecule has 4 rings (SSSR count). The van der Waals surface area contributed by atoms with Gasteiger partial charge in [-0.2, -0.15) is 5.10 Å². The van der Waals surface area contributed by atoms with E-state index >= 15 is 0 Å². The maximum absolute atomic E-state index is 12.9. The highest BCUT2D eigenvalue weighted by Crippen LogP contribution is 2.46. The van der Waals surface area contributed by atoms with Crippen molar-refractivity contribution in [1.29, 1.82) is 0 Å². The lowest BCUT2D eigenvalue weighted by atomic mass is 9.85. The number of amides is 1. The Kier molecular flexibility index (Phi) is 4.65. The number of hydrogen-bond donors (Lipinski definition) is 2. The predicted octanol–water partition coefficient (Wildman–Crippen LogP) is 2.03. The summed E-state index contributed by atoms with van der Waals surface area (Å²) in [6, 6.07) is 2.90. The van der Waals surface area contributed by atoms with Crippen LogP contribution >= 0.6 is 0 Å². The number of primary amides is 1. The van der Waals surface area contributed by atoms with Crippen molar-refractivity contribution >= 4 is 17.5 Å². The van der Waals surface area contributed by atoms with Gasteiger partial charge in [-0.05, 0) is 18.9 Å². The number of hydrogen-bond acceptors (Lipinski definition) is 7. The van der Waals surface area contributed by atoms with Crippen LogP contribution in [-0.2, 0) is 4.79 Å². The van der Waals surface area contributed by atoms with Crippen LogP contribution in [0.3, 0.4) is 0 Å². The van der Waals surface area contributed by atoms with Crippen LogP contribution < -0.4 is 25.3 Å². The van der Waals surface area contributed by atoms with Crippen LogP contribution in [0.15, 0.2) is 29.6 Å². The standard InChI is InChI=1S/C20H22N4O5/c1-27-14-8-16(29-3)15(28-2)7-10(14)18-17-12(5-4-6-13(17)25)23-20-11(19(21)26)9-22-24(18)20/h7-9,18,23H,4-6H2,1-3H3,(H2,21,26)/t18-/m1/s1. The van der Waals surface area contributed by atoms with Gasteiger partial charge in [0, 0.05) is 29.3 Å². The second kappa shape index (κ2) is 7.16. The van der Waals surface area contributed by atoms with E-state index in [0.717, 1.165) is 12.1 Å². The summed E-state index contributed by atoms with van der Waals surface area (Å²) in [5.74, 6) is 1.42. The Morgan fingerprint density at radius 2 is 1.83 bits per heavy atom. The van der Waals surface area contributed by atoms with Crippen LogP contribution in [-0.4, -0.2) is 42.8 Å². The van der Waals surface area contributed by atoms with Crippen LogP contribution in [0.4, 0.5) is 5.82 Å². The summed E-state index contributed by atoms with van der Waals surface area (Å²) in [6.07, 6.45) is 3.29. The number of nitrogens with one attached hydrogen (secondary N) is 1. The van der Waals surface area contributed by atoms with Crippen LogP contribution in [0.25, 0.3) is 0 Å². The fourth-order valence-electron chi connectivity index (χ4n) is 3.99. The zero-order chi connectivity index (χ0) is 20.7. The number of carbonyl (C=O) groups excluding carboxylic acids is 2. The SMILES string of the molecule is COc1cc(OC)c([C@@H]2C3=C(CCCC3=O)Nc3c(C(N)=O)cnn32)cc1OC. The van der Waals surface area contributed by atoms with E-state index in [2.05, 4.69) is 10.4 Å². The fourth-order valence-corrected chi connectivity index (χ4v) is 3.99. The monoisotopic (exact) mass is 398 g/mol. The number of nitrogens with zero attached hydrogens (tertiary/aromatic N) is 2. The van der Waals surface area contributed by atoms with E-state index < -0.39 is 11.9 Å². The van der Waals surface area contributed by atoms with Gasteiger partial charge in [0.05, 0.1) is 27.5 Å². The number of benzene rings is 1. The highest BCUT2D eigenvalue weighted by Gasteiger charge is 2.39. The highest BCUT2D eigenvalue weighted by molar-refractivity contribution is 6.02. The third-order valence-corrected chi connectivity index (χ3v) is 5.33. The minimum absolute atomic E-state index is 0.0300. The highest BCUT2D eigenvalue weighted by atomic mass is 16.5. The third kappa shape index (κ3) is 2.89. The van der Waals surface area contributed by atoms with Crippen molar-refractivity contribution in [3.63, 3.8) is 0 Å². The van der Waals surface area contributed by atoms with E-state index in [1.54, 1.807) is 23.9 Å². The largest absolute Gasteiger partial charge is 0.496 e. The van der Waals surface area contributed by atoms with E-state index in [4.69, 9.17) is 19.9 Å². The number of methoxy groups -OCH3 is 3. The lowest BCUT2D eigenvalue weighted by molar-refractivity contribution is -0.116. The number of aromatic nitrogens is 2. The second-order valence-corrected chi connectivity index (χ2v) is 6.86. The first-order valence-electron chi connectivity index (χ1n) is 9.20. The van der Waals surface area contributed by atoms with Crippen molar-refractivity contribution in [1.82, 2.24) is 9.78 Å². The number of ketones is 1. The smallest absolute Gasteiger partial charge is 0.254 e. The molecule has 1 aliphatic heterocycles. The molecule has 1 atom stereocenters. The summed E-state index contributed by atoms with van der Waals surface area (Å²) in [5.41, 5.74) is 7.85. The maximum atomic E-state index is 12.9. The molecule has 1 aromatic carbocycles. The number of ether oxygens (including phenoxy) is 3. The Morgan fingerprint density at radius 1 is 1.14 bits per heavy atom. The van der Waals surface area contributed by atoms with Crippen molar-refractivity contribution in [2.24, 2.45) is 5.73 Å². The molecule has 0 saturated heterocycles. The quantitative estimate of drug-likeness (QED) is 0.791. The molecule has 9 nitrogen and oxygen atoms in total. The molecule has 1 aromatic heterocycles. The van der Waals surface area contributed by atoms with E-state index in [9.17, 15) is 9.59 Å². The molecule has 2 heterocycles. The molecule has 152 valence electrons. The molecule has 1 aliphatic carbocycles. The number of Topliss-reactive ketones (excluding diaryl/α,β-unsaturated/α-hetero) is 1. The van der Waals surface area contributed by atoms with Crippen LogP contribution in [0.1, 0.15) is 41.2 Å².